The van der Waals surface area contributed by atoms with Crippen molar-refractivity contribution in [3.63, 3.8) is 0 Å². The number of hydrogen-bond acceptors (Lipinski definition) is 3. The Morgan fingerprint density at radius 2 is 1.76 bits per heavy atom. The maximum absolute atomic E-state index is 11.8. The molecule has 1 heterocycles. The molecule has 146 valence electrons. The average Bonchev–Trinajstić information content (AvgIpc) is 2.72. The van der Waals surface area contributed by atoms with Gasteiger partial charge in [0.1, 0.15) is 12.4 Å². The Bertz CT molecular complexity index is 1080. The topological polar surface area (TPSA) is 75.6 Å². The van der Waals surface area contributed by atoms with Gasteiger partial charge in [-0.25, -0.2) is 4.79 Å². The summed E-state index contributed by atoms with van der Waals surface area (Å²) in [4.78, 5) is 22.8. The maximum atomic E-state index is 11.8. The highest BCUT2D eigenvalue weighted by atomic mass is 35.5. The van der Waals surface area contributed by atoms with Crippen molar-refractivity contribution in [1.82, 2.24) is 0 Å². The summed E-state index contributed by atoms with van der Waals surface area (Å²) in [7, 11) is 0. The van der Waals surface area contributed by atoms with Crippen LogP contribution in [-0.4, -0.2) is 17.0 Å². The van der Waals surface area contributed by atoms with Crippen molar-refractivity contribution < 1.29 is 19.4 Å². The van der Waals surface area contributed by atoms with Crippen molar-refractivity contribution in [3.8, 4) is 16.9 Å². The minimum atomic E-state index is -0.965. The predicted octanol–water partition coefficient (Wildman–Crippen LogP) is 5.17. The van der Waals surface area contributed by atoms with Crippen LogP contribution in [0.4, 0.5) is 5.69 Å². The Morgan fingerprint density at radius 1 is 1.03 bits per heavy atom. The summed E-state index contributed by atoms with van der Waals surface area (Å²) in [5.41, 5.74) is 4.78. The molecular formula is C23H18ClNO4. The van der Waals surface area contributed by atoms with Crippen molar-refractivity contribution in [2.75, 3.05) is 5.32 Å². The number of ether oxygens (including phenoxy) is 1. The lowest BCUT2D eigenvalue weighted by molar-refractivity contribution is -0.116. The van der Waals surface area contributed by atoms with Crippen LogP contribution in [0.2, 0.25) is 5.02 Å². The van der Waals surface area contributed by atoms with E-state index in [1.807, 2.05) is 36.4 Å². The van der Waals surface area contributed by atoms with Crippen LogP contribution in [0.15, 0.2) is 60.7 Å². The predicted molar refractivity (Wildman–Crippen MR) is 112 cm³/mol. The van der Waals surface area contributed by atoms with E-state index in [9.17, 15) is 9.59 Å². The van der Waals surface area contributed by atoms with Gasteiger partial charge in [-0.05, 0) is 53.4 Å². The lowest BCUT2D eigenvalue weighted by atomic mass is 9.96. The molecule has 6 heteroatoms. The molecule has 0 atom stereocenters. The zero-order valence-corrected chi connectivity index (χ0v) is 16.2. The number of halogens is 1. The molecule has 0 aliphatic carbocycles. The number of anilines is 1. The molecule has 4 rings (SSSR count). The fraction of sp³-hybridized carbons (Fsp3) is 0.130. The molecule has 0 saturated carbocycles. The molecule has 1 aliphatic heterocycles. The van der Waals surface area contributed by atoms with Gasteiger partial charge in [-0.15, -0.1) is 0 Å². The first-order chi connectivity index (χ1) is 14.0. The summed E-state index contributed by atoms with van der Waals surface area (Å²) in [6.07, 6.45) is 1.14. The molecular weight excluding hydrogens is 390 g/mol. The third-order valence-electron chi connectivity index (χ3n) is 4.85. The fourth-order valence-corrected chi connectivity index (χ4v) is 3.41. The Labute approximate surface area is 172 Å². The quantitative estimate of drug-likeness (QED) is 0.611. The molecule has 0 unspecified atom stereocenters. The van der Waals surface area contributed by atoms with Crippen LogP contribution < -0.4 is 10.1 Å². The second kappa shape index (κ2) is 7.97. The lowest BCUT2D eigenvalue weighted by Gasteiger charge is -2.21. The Morgan fingerprint density at radius 3 is 2.45 bits per heavy atom. The standard InChI is InChI=1S/C23H18ClNO4/c24-18-8-5-15(6-9-18)19-11-17-7-10-22(26)25-20(17)12-21(19)29-13-14-1-3-16(4-2-14)23(27)28/h1-6,8-9,11-12H,7,10,13H2,(H,25,26)(H,27,28). The Hall–Kier alpha value is -3.31. The van der Waals surface area contributed by atoms with Crippen LogP contribution in [0.5, 0.6) is 5.75 Å². The minimum absolute atomic E-state index is 0.00745. The summed E-state index contributed by atoms with van der Waals surface area (Å²) in [6, 6.07) is 18.0. The fourth-order valence-electron chi connectivity index (χ4n) is 3.29. The number of amides is 1. The van der Waals surface area contributed by atoms with Gasteiger partial charge in [0.05, 0.1) is 5.56 Å². The smallest absolute Gasteiger partial charge is 0.335 e. The van der Waals surface area contributed by atoms with Gasteiger partial charge >= 0.3 is 5.97 Å². The van der Waals surface area contributed by atoms with Gasteiger partial charge in [-0.1, -0.05) is 35.9 Å². The summed E-state index contributed by atoms with van der Waals surface area (Å²) in [6.45, 7) is 0.271. The van der Waals surface area contributed by atoms with E-state index >= 15 is 0 Å². The van der Waals surface area contributed by atoms with E-state index in [0.29, 0.717) is 23.6 Å². The second-order valence-electron chi connectivity index (χ2n) is 6.85. The van der Waals surface area contributed by atoms with Crippen LogP contribution in [0, 0.1) is 0 Å². The number of aromatic carboxylic acids is 1. The van der Waals surface area contributed by atoms with E-state index < -0.39 is 5.97 Å². The number of carboxylic acid groups (broad SMARTS) is 1. The summed E-state index contributed by atoms with van der Waals surface area (Å²) in [5, 5.41) is 12.6. The molecule has 0 fully saturated rings. The van der Waals surface area contributed by atoms with E-state index in [0.717, 1.165) is 27.9 Å². The molecule has 3 aromatic rings. The number of nitrogens with one attached hydrogen (secondary N) is 1. The number of carbonyl (C=O) groups excluding carboxylic acids is 1. The van der Waals surface area contributed by atoms with E-state index in [4.69, 9.17) is 21.4 Å². The SMILES string of the molecule is O=C1CCc2cc(-c3ccc(Cl)cc3)c(OCc3ccc(C(=O)O)cc3)cc2N1. The molecule has 1 amide bonds. The Balaban J connectivity index is 1.66. The van der Waals surface area contributed by atoms with E-state index in [2.05, 4.69) is 5.32 Å². The summed E-state index contributed by atoms with van der Waals surface area (Å²) < 4.78 is 6.08. The number of carboxylic acids is 1. The zero-order valence-electron chi connectivity index (χ0n) is 15.4. The number of hydrogen-bond donors (Lipinski definition) is 2. The molecule has 3 aromatic carbocycles. The van der Waals surface area contributed by atoms with Crippen LogP contribution in [0.3, 0.4) is 0 Å². The molecule has 0 bridgehead atoms. The van der Waals surface area contributed by atoms with Gasteiger partial charge in [0.2, 0.25) is 5.91 Å². The Kier molecular flexibility index (Phi) is 5.23. The largest absolute Gasteiger partial charge is 0.488 e. The van der Waals surface area contributed by atoms with Gasteiger partial charge < -0.3 is 15.2 Å². The number of aryl methyl sites for hydroxylation is 1. The number of rotatable bonds is 5. The zero-order chi connectivity index (χ0) is 20.4. The average molecular weight is 408 g/mol. The maximum Gasteiger partial charge on any atom is 0.335 e. The normalized spacial score (nSPS) is 12.8. The van der Waals surface area contributed by atoms with Gasteiger partial charge in [-0.3, -0.25) is 4.79 Å². The van der Waals surface area contributed by atoms with E-state index in [-0.39, 0.29) is 18.1 Å². The molecule has 29 heavy (non-hydrogen) atoms. The van der Waals surface area contributed by atoms with Crippen LogP contribution >= 0.6 is 11.6 Å². The molecule has 1 aliphatic rings. The summed E-state index contributed by atoms with van der Waals surface area (Å²) in [5.74, 6) is -0.338. The third-order valence-corrected chi connectivity index (χ3v) is 5.10. The first kappa shape index (κ1) is 19.0. The molecule has 2 N–H and O–H groups in total. The van der Waals surface area contributed by atoms with E-state index in [1.165, 1.54) is 0 Å². The van der Waals surface area contributed by atoms with Gasteiger partial charge in [0.25, 0.3) is 0 Å². The van der Waals surface area contributed by atoms with Crippen LogP contribution in [0.1, 0.15) is 27.9 Å². The summed E-state index contributed by atoms with van der Waals surface area (Å²) >= 11 is 6.03. The highest BCUT2D eigenvalue weighted by Crippen LogP contribution is 2.38. The second-order valence-corrected chi connectivity index (χ2v) is 7.29. The van der Waals surface area contributed by atoms with Gasteiger partial charge in [0, 0.05) is 28.8 Å². The van der Waals surface area contributed by atoms with Gasteiger partial charge in [0.15, 0.2) is 0 Å². The molecule has 0 radical (unpaired) electrons. The van der Waals surface area contributed by atoms with Crippen molar-refractivity contribution >= 4 is 29.2 Å². The number of benzene rings is 3. The first-order valence-electron chi connectivity index (χ1n) is 9.17. The van der Waals surface area contributed by atoms with Gasteiger partial charge in [-0.2, -0.15) is 0 Å². The molecule has 0 saturated heterocycles. The molecule has 0 aromatic heterocycles. The number of carbonyl (C=O) groups is 2. The van der Waals surface area contributed by atoms with Crippen LogP contribution in [-0.2, 0) is 17.8 Å². The lowest BCUT2D eigenvalue weighted by Crippen LogP contribution is -2.19. The first-order valence-corrected chi connectivity index (χ1v) is 9.55. The molecule has 5 nitrogen and oxygen atoms in total. The van der Waals surface area contributed by atoms with Crippen molar-refractivity contribution in [2.45, 2.75) is 19.4 Å². The minimum Gasteiger partial charge on any atom is -0.488 e. The monoisotopic (exact) mass is 407 g/mol. The number of fused-ring (bicyclic) bond motifs is 1. The highest BCUT2D eigenvalue weighted by Gasteiger charge is 2.19. The van der Waals surface area contributed by atoms with Crippen LogP contribution in [0.25, 0.3) is 11.1 Å². The highest BCUT2D eigenvalue weighted by molar-refractivity contribution is 6.30. The van der Waals surface area contributed by atoms with E-state index in [1.54, 1.807) is 24.3 Å². The molecule has 0 spiro atoms. The van der Waals surface area contributed by atoms with Crippen molar-refractivity contribution in [2.24, 2.45) is 0 Å². The third kappa shape index (κ3) is 4.25. The van der Waals surface area contributed by atoms with Crippen molar-refractivity contribution in [3.05, 3.63) is 82.4 Å². The van der Waals surface area contributed by atoms with Crippen molar-refractivity contribution in [1.29, 1.82) is 0 Å².